The standard InChI is InChI=1S/C37H26N6O7S2/c44-36-33(23-25-11-21-31(22-12-25)50-52(47,48)32-9-5-2-6-10-32)39-34(26-7-3-1-4-8-26)42(36)29-17-13-27(14-18-29)35-40-41(37(51)49-35)24-38-28-15-19-30(20-16-28)43(45)46/h1-23,38H,24H2/b33-23-. The summed E-state index contributed by atoms with van der Waals surface area (Å²) in [5.41, 5.74) is 3.30. The quantitative estimate of drug-likeness (QED) is 0.0466. The first-order valence-corrected chi connectivity index (χ1v) is 17.4. The second-order valence-electron chi connectivity index (χ2n) is 11.2. The van der Waals surface area contributed by atoms with Gasteiger partial charge in [0.05, 0.1) is 10.6 Å². The number of nitro groups is 1. The summed E-state index contributed by atoms with van der Waals surface area (Å²) in [4.78, 5) is 30.7. The van der Waals surface area contributed by atoms with E-state index in [1.807, 2.05) is 30.3 Å². The van der Waals surface area contributed by atoms with Crippen LogP contribution in [0.4, 0.5) is 17.1 Å². The Morgan fingerprint density at radius 2 is 1.50 bits per heavy atom. The normalized spacial score (nSPS) is 13.6. The van der Waals surface area contributed by atoms with Gasteiger partial charge in [-0.3, -0.25) is 19.8 Å². The summed E-state index contributed by atoms with van der Waals surface area (Å²) < 4.78 is 37.7. The van der Waals surface area contributed by atoms with Gasteiger partial charge in [-0.25, -0.2) is 9.67 Å². The number of rotatable bonds is 11. The summed E-state index contributed by atoms with van der Waals surface area (Å²) in [6.45, 7) is 0.162. The molecule has 2 heterocycles. The van der Waals surface area contributed by atoms with E-state index in [0.717, 1.165) is 5.56 Å². The highest BCUT2D eigenvalue weighted by Gasteiger charge is 2.32. The van der Waals surface area contributed by atoms with Crippen LogP contribution in [0.2, 0.25) is 0 Å². The van der Waals surface area contributed by atoms with E-state index in [4.69, 9.17) is 25.8 Å². The lowest BCUT2D eigenvalue weighted by molar-refractivity contribution is -0.384. The van der Waals surface area contributed by atoms with Gasteiger partial charge in [-0.1, -0.05) is 60.7 Å². The molecular formula is C37H26N6O7S2. The predicted octanol–water partition coefficient (Wildman–Crippen LogP) is 7.45. The minimum absolute atomic E-state index is 0.0175. The van der Waals surface area contributed by atoms with Gasteiger partial charge in [0.1, 0.15) is 28.8 Å². The van der Waals surface area contributed by atoms with Gasteiger partial charge in [-0.05, 0) is 84.5 Å². The molecule has 52 heavy (non-hydrogen) atoms. The Morgan fingerprint density at radius 3 is 2.15 bits per heavy atom. The van der Waals surface area contributed by atoms with Gasteiger partial charge >= 0.3 is 10.1 Å². The highest BCUT2D eigenvalue weighted by molar-refractivity contribution is 7.87. The molecule has 0 aliphatic carbocycles. The van der Waals surface area contributed by atoms with E-state index in [1.165, 1.54) is 46.0 Å². The van der Waals surface area contributed by atoms with Crippen LogP contribution < -0.4 is 14.4 Å². The van der Waals surface area contributed by atoms with Crippen molar-refractivity contribution in [3.8, 4) is 17.2 Å². The Hall–Kier alpha value is -6.71. The second-order valence-corrected chi connectivity index (χ2v) is 13.1. The Balaban J connectivity index is 1.10. The molecule has 1 aliphatic heterocycles. The minimum Gasteiger partial charge on any atom is -0.409 e. The molecule has 13 nitrogen and oxygen atoms in total. The molecule has 15 heteroatoms. The zero-order valence-corrected chi connectivity index (χ0v) is 28.5. The summed E-state index contributed by atoms with van der Waals surface area (Å²) in [5.74, 6) is 0.450. The van der Waals surface area contributed by atoms with Crippen molar-refractivity contribution in [2.75, 3.05) is 10.2 Å². The fourth-order valence-electron chi connectivity index (χ4n) is 5.22. The predicted molar refractivity (Wildman–Crippen MR) is 197 cm³/mol. The zero-order chi connectivity index (χ0) is 36.2. The monoisotopic (exact) mass is 730 g/mol. The maximum atomic E-state index is 13.9. The van der Waals surface area contributed by atoms with Crippen molar-refractivity contribution in [1.82, 2.24) is 9.78 Å². The number of hydrogen-bond donors (Lipinski definition) is 1. The van der Waals surface area contributed by atoms with E-state index < -0.39 is 15.0 Å². The largest absolute Gasteiger partial charge is 0.409 e. The van der Waals surface area contributed by atoms with Crippen LogP contribution in [-0.4, -0.2) is 34.9 Å². The number of amidine groups is 1. The third-order valence-electron chi connectivity index (χ3n) is 7.80. The average molecular weight is 731 g/mol. The molecule has 1 aromatic heterocycles. The van der Waals surface area contributed by atoms with E-state index in [9.17, 15) is 23.3 Å². The summed E-state index contributed by atoms with van der Waals surface area (Å²) >= 11 is 5.35. The van der Waals surface area contributed by atoms with E-state index in [-0.39, 0.29) is 45.3 Å². The van der Waals surface area contributed by atoms with Crippen molar-refractivity contribution in [2.45, 2.75) is 11.6 Å². The van der Waals surface area contributed by atoms with Crippen LogP contribution in [0.1, 0.15) is 11.1 Å². The first-order chi connectivity index (χ1) is 25.1. The molecule has 6 aromatic rings. The number of nitro benzene ring substituents is 1. The molecule has 0 spiro atoms. The van der Waals surface area contributed by atoms with Crippen molar-refractivity contribution >= 4 is 57.2 Å². The maximum absolute atomic E-state index is 13.9. The first kappa shape index (κ1) is 33.8. The molecule has 0 unspecified atom stereocenters. The Kier molecular flexibility index (Phi) is 9.26. The fourth-order valence-corrected chi connectivity index (χ4v) is 6.36. The number of nitrogens with one attached hydrogen (secondary N) is 1. The Bertz CT molecular complexity index is 2500. The number of benzene rings is 5. The summed E-state index contributed by atoms with van der Waals surface area (Å²) in [6.07, 6.45) is 1.62. The van der Waals surface area contributed by atoms with Gasteiger partial charge in [0, 0.05) is 28.9 Å². The SMILES string of the molecule is O=C1/C(=C/c2ccc(OS(=O)(=O)c3ccccc3)cc2)N=C(c2ccccc2)N1c1ccc(-c2nn(CNc3ccc([N+](=O)[O-])cc3)c(=S)o2)cc1. The molecule has 1 amide bonds. The number of anilines is 2. The van der Waals surface area contributed by atoms with E-state index in [1.54, 1.807) is 72.8 Å². The summed E-state index contributed by atoms with van der Waals surface area (Å²) in [6, 6.07) is 36.4. The molecule has 7 rings (SSSR count). The third kappa shape index (κ3) is 7.26. The Labute approximate surface area is 302 Å². The van der Waals surface area contributed by atoms with Gasteiger partial charge < -0.3 is 13.9 Å². The number of aliphatic imine (C=N–C) groups is 1. The molecule has 0 atom stereocenters. The fraction of sp³-hybridized carbons (Fsp3) is 0.0270. The molecule has 0 fully saturated rings. The molecular weight excluding hydrogens is 705 g/mol. The van der Waals surface area contributed by atoms with Crippen LogP contribution in [-0.2, 0) is 21.6 Å². The van der Waals surface area contributed by atoms with Crippen LogP contribution in [0.5, 0.6) is 5.75 Å². The molecule has 1 aliphatic rings. The van der Waals surface area contributed by atoms with Crippen molar-refractivity contribution < 1.29 is 26.7 Å². The lowest BCUT2D eigenvalue weighted by Gasteiger charge is -2.18. The zero-order valence-electron chi connectivity index (χ0n) is 26.9. The highest BCUT2D eigenvalue weighted by Crippen LogP contribution is 2.30. The molecule has 0 radical (unpaired) electrons. The molecule has 0 saturated heterocycles. The second kappa shape index (κ2) is 14.3. The summed E-state index contributed by atoms with van der Waals surface area (Å²) in [5, 5.41) is 18.5. The smallest absolute Gasteiger partial charge is 0.339 e. The van der Waals surface area contributed by atoms with E-state index in [2.05, 4.69) is 10.4 Å². The number of carbonyl (C=O) groups is 1. The van der Waals surface area contributed by atoms with Gasteiger partial charge in [-0.2, -0.15) is 8.42 Å². The number of aromatic nitrogens is 2. The van der Waals surface area contributed by atoms with Crippen LogP contribution in [0, 0.1) is 15.0 Å². The Morgan fingerprint density at radius 1 is 0.846 bits per heavy atom. The average Bonchev–Trinajstić information content (AvgIpc) is 3.70. The van der Waals surface area contributed by atoms with Crippen molar-refractivity contribution in [2.24, 2.45) is 4.99 Å². The van der Waals surface area contributed by atoms with Gasteiger partial charge in [0.15, 0.2) is 0 Å². The summed E-state index contributed by atoms with van der Waals surface area (Å²) in [7, 11) is -4.01. The number of hydrogen-bond acceptors (Lipinski definition) is 11. The van der Waals surface area contributed by atoms with Gasteiger partial charge in [0.2, 0.25) is 5.89 Å². The minimum atomic E-state index is -4.01. The van der Waals surface area contributed by atoms with Crippen LogP contribution in [0.15, 0.2) is 153 Å². The molecule has 0 bridgehead atoms. The van der Waals surface area contributed by atoms with Crippen molar-refractivity contribution in [1.29, 1.82) is 0 Å². The van der Waals surface area contributed by atoms with Gasteiger partial charge in [0.25, 0.3) is 16.4 Å². The van der Waals surface area contributed by atoms with E-state index >= 15 is 0 Å². The van der Waals surface area contributed by atoms with Crippen LogP contribution in [0.3, 0.4) is 0 Å². The molecule has 0 saturated carbocycles. The van der Waals surface area contributed by atoms with Crippen LogP contribution in [0.25, 0.3) is 17.5 Å². The number of carbonyl (C=O) groups excluding carboxylic acids is 1. The highest BCUT2D eigenvalue weighted by atomic mass is 32.2. The number of amides is 1. The topological polar surface area (TPSA) is 162 Å². The first-order valence-electron chi connectivity index (χ1n) is 15.6. The third-order valence-corrected chi connectivity index (χ3v) is 9.36. The van der Waals surface area contributed by atoms with E-state index in [0.29, 0.717) is 28.3 Å². The molecule has 1 N–H and O–H groups in total. The maximum Gasteiger partial charge on any atom is 0.339 e. The van der Waals surface area contributed by atoms with Crippen molar-refractivity contribution in [3.63, 3.8) is 0 Å². The number of nitrogens with zero attached hydrogens (tertiary/aromatic N) is 5. The number of non-ortho nitro benzene ring substituents is 1. The van der Waals surface area contributed by atoms with Crippen LogP contribution >= 0.6 is 12.2 Å². The van der Waals surface area contributed by atoms with Crippen molar-refractivity contribution in [3.05, 3.63) is 165 Å². The molecule has 258 valence electrons. The lowest BCUT2D eigenvalue weighted by Crippen LogP contribution is -2.32. The molecule has 5 aromatic carbocycles. The van der Waals surface area contributed by atoms with Gasteiger partial charge in [-0.15, -0.1) is 5.10 Å². The lowest BCUT2D eigenvalue weighted by atomic mass is 10.1.